The molecule has 0 aromatic carbocycles. The van der Waals surface area contributed by atoms with Crippen LogP contribution in [0.1, 0.15) is 15.6 Å². The lowest BCUT2D eigenvalue weighted by Crippen LogP contribution is -2.22. The molecule has 0 spiro atoms. The van der Waals surface area contributed by atoms with Gasteiger partial charge in [0.15, 0.2) is 0 Å². The van der Waals surface area contributed by atoms with Crippen molar-refractivity contribution < 1.29 is 13.5 Å². The van der Waals surface area contributed by atoms with E-state index in [0.29, 0.717) is 10.7 Å². The van der Waals surface area contributed by atoms with E-state index in [0.717, 1.165) is 4.88 Å². The summed E-state index contributed by atoms with van der Waals surface area (Å²) < 4.78 is 26.3. The maximum absolute atomic E-state index is 11.9. The number of aromatic amines is 1. The van der Waals surface area contributed by atoms with Crippen molar-refractivity contribution in [2.75, 3.05) is 0 Å². The fraction of sp³-hybridized carbons (Fsp3) is 0.300. The molecule has 98 valence electrons. The van der Waals surface area contributed by atoms with Crippen molar-refractivity contribution in [1.82, 2.24) is 14.7 Å². The molecule has 0 bridgehead atoms. The molecule has 8 heteroatoms. The van der Waals surface area contributed by atoms with Crippen LogP contribution in [0, 0.1) is 6.92 Å². The van der Waals surface area contributed by atoms with E-state index >= 15 is 0 Å². The van der Waals surface area contributed by atoms with Gasteiger partial charge in [0, 0.05) is 23.0 Å². The van der Waals surface area contributed by atoms with Crippen molar-refractivity contribution >= 4 is 21.4 Å². The number of aryl methyl sites for hydroxylation is 1. The van der Waals surface area contributed by atoms with E-state index in [1.54, 1.807) is 6.20 Å². The molecule has 0 saturated carbocycles. The van der Waals surface area contributed by atoms with Crippen molar-refractivity contribution in [2.24, 2.45) is 0 Å². The minimum atomic E-state index is -3.56. The number of hydrogen-bond acceptors (Lipinski definition) is 5. The number of hydrogen-bond donors (Lipinski definition) is 3. The van der Waals surface area contributed by atoms with Crippen LogP contribution >= 0.6 is 11.3 Å². The third kappa shape index (κ3) is 2.96. The van der Waals surface area contributed by atoms with Crippen LogP contribution in [0.15, 0.2) is 23.4 Å². The Labute approximate surface area is 109 Å². The average molecular weight is 287 g/mol. The second-order valence-corrected chi connectivity index (χ2v) is 6.79. The van der Waals surface area contributed by atoms with Crippen LogP contribution in [0.2, 0.25) is 0 Å². The van der Waals surface area contributed by atoms with Crippen LogP contribution in [0.4, 0.5) is 0 Å². The van der Waals surface area contributed by atoms with Crippen LogP contribution in [-0.2, 0) is 23.2 Å². The summed E-state index contributed by atoms with van der Waals surface area (Å²) in [6.45, 7) is 1.86. The SMILES string of the molecule is Cc1cnc(CNS(=O)(=O)c2c[nH]c(CO)c2)s1. The Hall–Kier alpha value is -1.22. The molecule has 0 fully saturated rings. The Bertz CT molecular complexity index is 630. The maximum Gasteiger partial charge on any atom is 0.242 e. The molecule has 2 heterocycles. The first-order valence-corrected chi connectivity index (χ1v) is 7.50. The molecule has 0 unspecified atom stereocenters. The second kappa shape index (κ2) is 5.19. The molecular weight excluding hydrogens is 274 g/mol. The molecule has 0 aliphatic carbocycles. The molecule has 3 N–H and O–H groups in total. The molecular formula is C10H13N3O3S2. The lowest BCUT2D eigenvalue weighted by Gasteiger charge is -2.02. The van der Waals surface area contributed by atoms with Gasteiger partial charge in [0.05, 0.1) is 18.0 Å². The lowest BCUT2D eigenvalue weighted by atomic mass is 10.5. The molecule has 18 heavy (non-hydrogen) atoms. The van der Waals surface area contributed by atoms with E-state index in [-0.39, 0.29) is 18.0 Å². The molecule has 2 rings (SSSR count). The Kier molecular flexibility index (Phi) is 3.81. The van der Waals surface area contributed by atoms with E-state index in [1.807, 2.05) is 6.92 Å². The molecule has 2 aromatic rings. The number of thiazole rings is 1. The minimum absolute atomic E-state index is 0.111. The third-order valence-electron chi connectivity index (χ3n) is 2.28. The number of aliphatic hydroxyl groups is 1. The van der Waals surface area contributed by atoms with E-state index in [2.05, 4.69) is 14.7 Å². The van der Waals surface area contributed by atoms with Crippen molar-refractivity contribution in [3.05, 3.63) is 34.0 Å². The summed E-state index contributed by atoms with van der Waals surface area (Å²) in [5.41, 5.74) is 0.459. The summed E-state index contributed by atoms with van der Waals surface area (Å²) in [5.74, 6) is 0. The van der Waals surface area contributed by atoms with Gasteiger partial charge in [-0.1, -0.05) is 0 Å². The molecule has 2 aromatic heterocycles. The van der Waals surface area contributed by atoms with Crippen molar-refractivity contribution in [3.63, 3.8) is 0 Å². The zero-order valence-corrected chi connectivity index (χ0v) is 11.3. The lowest BCUT2D eigenvalue weighted by molar-refractivity contribution is 0.277. The summed E-state index contributed by atoms with van der Waals surface area (Å²) in [7, 11) is -3.56. The fourth-order valence-electron chi connectivity index (χ4n) is 1.39. The number of aliphatic hydroxyl groups excluding tert-OH is 1. The molecule has 0 aliphatic rings. The van der Waals surface area contributed by atoms with Crippen LogP contribution in [0.5, 0.6) is 0 Å². The summed E-state index contributed by atoms with van der Waals surface area (Å²) in [4.78, 5) is 7.91. The van der Waals surface area contributed by atoms with Gasteiger partial charge in [-0.25, -0.2) is 18.1 Å². The number of nitrogens with zero attached hydrogens (tertiary/aromatic N) is 1. The van der Waals surface area contributed by atoms with Crippen molar-refractivity contribution in [1.29, 1.82) is 0 Å². The number of nitrogens with one attached hydrogen (secondary N) is 2. The number of sulfonamides is 1. The van der Waals surface area contributed by atoms with E-state index < -0.39 is 10.0 Å². The predicted molar refractivity (Wildman–Crippen MR) is 67.6 cm³/mol. The normalized spacial score (nSPS) is 11.9. The molecule has 6 nitrogen and oxygen atoms in total. The van der Waals surface area contributed by atoms with Gasteiger partial charge in [-0.05, 0) is 13.0 Å². The van der Waals surface area contributed by atoms with Crippen LogP contribution in [0.3, 0.4) is 0 Å². The van der Waals surface area contributed by atoms with Crippen LogP contribution in [-0.4, -0.2) is 23.5 Å². The molecule has 0 radical (unpaired) electrons. The summed E-state index contributed by atoms with van der Waals surface area (Å²) >= 11 is 1.45. The zero-order chi connectivity index (χ0) is 13.2. The Morgan fingerprint density at radius 3 is 2.89 bits per heavy atom. The van der Waals surface area contributed by atoms with Crippen molar-refractivity contribution in [2.45, 2.75) is 25.0 Å². The Morgan fingerprint density at radius 2 is 2.33 bits per heavy atom. The molecule has 0 amide bonds. The standard InChI is InChI=1S/C10H13N3O3S2/c1-7-3-12-10(17-7)5-13-18(15,16)9-2-8(6-14)11-4-9/h2-4,11,13-14H,5-6H2,1H3. The topological polar surface area (TPSA) is 95.1 Å². The first-order valence-electron chi connectivity index (χ1n) is 5.20. The van der Waals surface area contributed by atoms with Crippen molar-refractivity contribution in [3.8, 4) is 0 Å². The van der Waals surface area contributed by atoms with Crippen LogP contribution < -0.4 is 4.72 Å². The molecule has 0 atom stereocenters. The van der Waals surface area contributed by atoms with Crippen LogP contribution in [0.25, 0.3) is 0 Å². The zero-order valence-electron chi connectivity index (χ0n) is 9.67. The van der Waals surface area contributed by atoms with E-state index in [4.69, 9.17) is 5.11 Å². The van der Waals surface area contributed by atoms with Gasteiger partial charge in [-0.15, -0.1) is 11.3 Å². The van der Waals surface area contributed by atoms with Gasteiger partial charge in [0.25, 0.3) is 0 Å². The van der Waals surface area contributed by atoms with Gasteiger partial charge < -0.3 is 10.1 Å². The highest BCUT2D eigenvalue weighted by molar-refractivity contribution is 7.89. The average Bonchev–Trinajstić information content (AvgIpc) is 2.95. The highest BCUT2D eigenvalue weighted by Crippen LogP contribution is 2.14. The predicted octanol–water partition coefficient (Wildman–Crippen LogP) is 0.750. The fourth-order valence-corrected chi connectivity index (χ4v) is 3.21. The molecule has 0 saturated heterocycles. The van der Waals surface area contributed by atoms with Gasteiger partial charge in [-0.2, -0.15) is 0 Å². The summed E-state index contributed by atoms with van der Waals surface area (Å²) in [6, 6.07) is 1.40. The smallest absolute Gasteiger partial charge is 0.242 e. The maximum atomic E-state index is 11.9. The van der Waals surface area contributed by atoms with Gasteiger partial charge in [0.1, 0.15) is 5.01 Å². The molecule has 0 aliphatic heterocycles. The van der Waals surface area contributed by atoms with Gasteiger partial charge in [-0.3, -0.25) is 0 Å². The highest BCUT2D eigenvalue weighted by atomic mass is 32.2. The summed E-state index contributed by atoms with van der Waals surface area (Å²) in [5, 5.41) is 9.59. The van der Waals surface area contributed by atoms with Gasteiger partial charge in [0.2, 0.25) is 10.0 Å². The minimum Gasteiger partial charge on any atom is -0.390 e. The summed E-state index contributed by atoms with van der Waals surface area (Å²) in [6.07, 6.45) is 3.05. The first-order chi connectivity index (χ1) is 8.51. The first kappa shape index (κ1) is 13.2. The third-order valence-corrected chi connectivity index (χ3v) is 4.57. The Morgan fingerprint density at radius 1 is 1.56 bits per heavy atom. The number of H-pyrrole nitrogens is 1. The number of aromatic nitrogens is 2. The number of rotatable bonds is 5. The van der Waals surface area contributed by atoms with Gasteiger partial charge >= 0.3 is 0 Å². The van der Waals surface area contributed by atoms with E-state index in [1.165, 1.54) is 23.6 Å². The van der Waals surface area contributed by atoms with E-state index in [9.17, 15) is 8.42 Å². The monoisotopic (exact) mass is 287 g/mol. The largest absolute Gasteiger partial charge is 0.390 e. The highest BCUT2D eigenvalue weighted by Gasteiger charge is 2.16. The second-order valence-electron chi connectivity index (χ2n) is 3.71. The quantitative estimate of drug-likeness (QED) is 0.756. The Balaban J connectivity index is 2.07.